The van der Waals surface area contributed by atoms with Crippen molar-refractivity contribution in [2.45, 2.75) is 19.5 Å². The molecule has 0 aliphatic heterocycles. The molecule has 0 aliphatic carbocycles. The minimum absolute atomic E-state index is 0.192. The first-order chi connectivity index (χ1) is 10.3. The van der Waals surface area contributed by atoms with Gasteiger partial charge in [-0.1, -0.05) is 54.1 Å². The number of halogens is 1. The van der Waals surface area contributed by atoms with Crippen molar-refractivity contribution >= 4 is 22.5 Å². The third-order valence-electron chi connectivity index (χ3n) is 3.69. The lowest BCUT2D eigenvalue weighted by Gasteiger charge is -2.16. The number of hydrogen-bond donors (Lipinski definition) is 1. The predicted molar refractivity (Wildman–Crippen MR) is 88.4 cm³/mol. The fourth-order valence-corrected chi connectivity index (χ4v) is 2.81. The summed E-state index contributed by atoms with van der Waals surface area (Å²) in [7, 11) is 0. The molecule has 0 saturated carbocycles. The third-order valence-corrected chi connectivity index (χ3v) is 4.03. The molecule has 0 amide bonds. The topological polar surface area (TPSA) is 24.9 Å². The molecule has 3 heteroatoms. The minimum atomic E-state index is 0.192. The Kier molecular flexibility index (Phi) is 4.18. The fourth-order valence-electron chi connectivity index (χ4n) is 2.51. The largest absolute Gasteiger partial charge is 0.306 e. The SMILES string of the molecule is C[C@@H](NCc1cccc2cccnc12)c1ccccc1Cl. The number of rotatable bonds is 4. The molecule has 0 saturated heterocycles. The molecule has 0 unspecified atom stereocenters. The highest BCUT2D eigenvalue weighted by Gasteiger charge is 2.09. The lowest BCUT2D eigenvalue weighted by Crippen LogP contribution is -2.18. The Hall–Kier alpha value is -1.90. The van der Waals surface area contributed by atoms with E-state index in [2.05, 4.69) is 47.6 Å². The lowest BCUT2D eigenvalue weighted by molar-refractivity contribution is 0.576. The van der Waals surface area contributed by atoms with Gasteiger partial charge in [0.25, 0.3) is 0 Å². The summed E-state index contributed by atoms with van der Waals surface area (Å²) in [5, 5.41) is 5.49. The maximum absolute atomic E-state index is 6.24. The van der Waals surface area contributed by atoms with E-state index in [-0.39, 0.29) is 6.04 Å². The molecule has 21 heavy (non-hydrogen) atoms. The molecule has 3 rings (SSSR count). The van der Waals surface area contributed by atoms with E-state index in [1.54, 1.807) is 0 Å². The summed E-state index contributed by atoms with van der Waals surface area (Å²) in [6.07, 6.45) is 1.84. The second-order valence-corrected chi connectivity index (χ2v) is 5.52. The number of aromatic nitrogens is 1. The summed E-state index contributed by atoms with van der Waals surface area (Å²) >= 11 is 6.24. The average molecular weight is 297 g/mol. The van der Waals surface area contributed by atoms with Crippen molar-refractivity contribution < 1.29 is 0 Å². The van der Waals surface area contributed by atoms with Crippen molar-refractivity contribution in [1.29, 1.82) is 0 Å². The number of benzene rings is 2. The number of nitrogens with zero attached hydrogens (tertiary/aromatic N) is 1. The van der Waals surface area contributed by atoms with Gasteiger partial charge in [0.2, 0.25) is 0 Å². The molecule has 106 valence electrons. The molecule has 1 N–H and O–H groups in total. The number of nitrogens with one attached hydrogen (secondary N) is 1. The highest BCUT2D eigenvalue weighted by molar-refractivity contribution is 6.31. The van der Waals surface area contributed by atoms with Crippen molar-refractivity contribution in [3.05, 3.63) is 76.9 Å². The van der Waals surface area contributed by atoms with Gasteiger partial charge in [0, 0.05) is 29.2 Å². The Morgan fingerprint density at radius 3 is 2.71 bits per heavy atom. The van der Waals surface area contributed by atoms with Gasteiger partial charge in [-0.25, -0.2) is 0 Å². The van der Waals surface area contributed by atoms with Gasteiger partial charge >= 0.3 is 0 Å². The average Bonchev–Trinajstić information content (AvgIpc) is 2.53. The van der Waals surface area contributed by atoms with Crippen LogP contribution in [0, 0.1) is 0 Å². The van der Waals surface area contributed by atoms with Gasteiger partial charge in [-0.2, -0.15) is 0 Å². The normalized spacial score (nSPS) is 12.5. The number of pyridine rings is 1. The molecular formula is C18H17ClN2. The van der Waals surface area contributed by atoms with Crippen LogP contribution in [0.4, 0.5) is 0 Å². The van der Waals surface area contributed by atoms with E-state index in [4.69, 9.17) is 11.6 Å². The maximum atomic E-state index is 6.24. The summed E-state index contributed by atoms with van der Waals surface area (Å²) in [5.41, 5.74) is 3.37. The van der Waals surface area contributed by atoms with Crippen LogP contribution < -0.4 is 5.32 Å². The first-order valence-corrected chi connectivity index (χ1v) is 7.44. The van der Waals surface area contributed by atoms with E-state index in [1.807, 2.05) is 30.5 Å². The van der Waals surface area contributed by atoms with Crippen molar-refractivity contribution in [2.75, 3.05) is 0 Å². The molecule has 0 spiro atoms. The monoisotopic (exact) mass is 296 g/mol. The Morgan fingerprint density at radius 2 is 1.86 bits per heavy atom. The summed E-state index contributed by atoms with van der Waals surface area (Å²) in [6.45, 7) is 2.89. The summed E-state index contributed by atoms with van der Waals surface area (Å²) < 4.78 is 0. The van der Waals surface area contributed by atoms with Crippen LogP contribution in [-0.4, -0.2) is 4.98 Å². The summed E-state index contributed by atoms with van der Waals surface area (Å²) in [4.78, 5) is 4.48. The van der Waals surface area contributed by atoms with E-state index in [1.165, 1.54) is 10.9 Å². The highest BCUT2D eigenvalue weighted by atomic mass is 35.5. The van der Waals surface area contributed by atoms with Crippen LogP contribution in [0.5, 0.6) is 0 Å². The minimum Gasteiger partial charge on any atom is -0.306 e. The van der Waals surface area contributed by atoms with Crippen molar-refractivity contribution in [2.24, 2.45) is 0 Å². The molecule has 2 nitrogen and oxygen atoms in total. The van der Waals surface area contributed by atoms with Crippen molar-refractivity contribution in [1.82, 2.24) is 10.3 Å². The van der Waals surface area contributed by atoms with Crippen LogP contribution in [0.15, 0.2) is 60.8 Å². The quantitative estimate of drug-likeness (QED) is 0.752. The predicted octanol–water partition coefficient (Wildman–Crippen LogP) is 4.74. The Labute approximate surface area is 129 Å². The Morgan fingerprint density at radius 1 is 1.05 bits per heavy atom. The van der Waals surface area contributed by atoms with Crippen LogP contribution in [0.25, 0.3) is 10.9 Å². The van der Waals surface area contributed by atoms with Crippen LogP contribution in [0.2, 0.25) is 5.02 Å². The molecule has 1 aromatic heterocycles. The van der Waals surface area contributed by atoms with Gasteiger partial charge in [-0.3, -0.25) is 4.98 Å². The first-order valence-electron chi connectivity index (χ1n) is 7.06. The molecule has 0 bridgehead atoms. The standard InChI is InChI=1S/C18H17ClN2/c1-13(16-9-2-3-10-17(16)19)21-12-15-7-4-6-14-8-5-11-20-18(14)15/h2-11,13,21H,12H2,1H3/t13-/m1/s1. The van der Waals surface area contributed by atoms with E-state index in [0.717, 1.165) is 22.6 Å². The zero-order valence-electron chi connectivity index (χ0n) is 11.9. The molecule has 2 aromatic carbocycles. The highest BCUT2D eigenvalue weighted by Crippen LogP contribution is 2.23. The van der Waals surface area contributed by atoms with E-state index in [9.17, 15) is 0 Å². The van der Waals surface area contributed by atoms with Crippen LogP contribution >= 0.6 is 11.6 Å². The Balaban J connectivity index is 1.79. The van der Waals surface area contributed by atoms with Crippen molar-refractivity contribution in [3.8, 4) is 0 Å². The number of para-hydroxylation sites is 1. The third kappa shape index (κ3) is 3.07. The molecule has 1 atom stereocenters. The van der Waals surface area contributed by atoms with Crippen LogP contribution in [0.3, 0.4) is 0 Å². The summed E-state index contributed by atoms with van der Waals surface area (Å²) in [5.74, 6) is 0. The molecular weight excluding hydrogens is 280 g/mol. The second kappa shape index (κ2) is 6.25. The second-order valence-electron chi connectivity index (χ2n) is 5.12. The first kappa shape index (κ1) is 14.1. The van der Waals surface area contributed by atoms with Crippen LogP contribution in [0.1, 0.15) is 24.1 Å². The molecule has 0 radical (unpaired) electrons. The Bertz CT molecular complexity index is 750. The molecule has 0 fully saturated rings. The fraction of sp³-hybridized carbons (Fsp3) is 0.167. The maximum Gasteiger partial charge on any atom is 0.0746 e. The number of fused-ring (bicyclic) bond motifs is 1. The van der Waals surface area contributed by atoms with E-state index >= 15 is 0 Å². The smallest absolute Gasteiger partial charge is 0.0746 e. The lowest BCUT2D eigenvalue weighted by atomic mass is 10.1. The number of hydrogen-bond acceptors (Lipinski definition) is 2. The zero-order valence-corrected chi connectivity index (χ0v) is 12.6. The molecule has 0 aliphatic rings. The van der Waals surface area contributed by atoms with E-state index < -0.39 is 0 Å². The van der Waals surface area contributed by atoms with Gasteiger partial charge in [0.15, 0.2) is 0 Å². The van der Waals surface area contributed by atoms with E-state index in [0.29, 0.717) is 0 Å². The van der Waals surface area contributed by atoms with Crippen LogP contribution in [-0.2, 0) is 6.54 Å². The van der Waals surface area contributed by atoms with Gasteiger partial charge < -0.3 is 5.32 Å². The van der Waals surface area contributed by atoms with Crippen molar-refractivity contribution in [3.63, 3.8) is 0 Å². The van der Waals surface area contributed by atoms with Gasteiger partial charge in [0.1, 0.15) is 0 Å². The molecule has 3 aromatic rings. The van der Waals surface area contributed by atoms with Gasteiger partial charge in [-0.05, 0) is 30.2 Å². The summed E-state index contributed by atoms with van der Waals surface area (Å²) in [6, 6.07) is 18.5. The van der Waals surface area contributed by atoms with Gasteiger partial charge in [0.05, 0.1) is 5.52 Å². The van der Waals surface area contributed by atoms with Gasteiger partial charge in [-0.15, -0.1) is 0 Å². The molecule has 1 heterocycles. The zero-order chi connectivity index (χ0) is 14.7.